The summed E-state index contributed by atoms with van der Waals surface area (Å²) in [6, 6.07) is 7.35. The van der Waals surface area contributed by atoms with Crippen LogP contribution < -0.4 is 5.32 Å². The Hall–Kier alpha value is -2.16. The topological polar surface area (TPSA) is 61.0 Å². The smallest absolute Gasteiger partial charge is 0.324 e. The largest absolute Gasteiger partial charge is 0.446 e. The summed E-state index contributed by atoms with van der Waals surface area (Å²) in [5.74, 6) is 0.189. The Morgan fingerprint density at radius 3 is 2.92 bits per heavy atom. The van der Waals surface area contributed by atoms with Crippen LogP contribution in [0.15, 0.2) is 41.4 Å². The normalized spacial score (nSPS) is 18.2. The number of likely N-dealkylation sites (tertiary alicyclic amines) is 1. The SMILES string of the molecule is O=C(Nc1cccc(SC(F)(F)F)c1)N1CCC[C@@H](c2ccn[nH]2)C1. The van der Waals surface area contributed by atoms with Gasteiger partial charge in [-0.15, -0.1) is 0 Å². The number of carbonyl (C=O) groups is 1. The first-order chi connectivity index (χ1) is 11.9. The molecule has 2 heterocycles. The molecule has 2 aromatic rings. The van der Waals surface area contributed by atoms with Gasteiger partial charge in [-0.25, -0.2) is 4.79 Å². The van der Waals surface area contributed by atoms with E-state index in [0.717, 1.165) is 18.5 Å². The maximum atomic E-state index is 12.5. The molecule has 1 fully saturated rings. The predicted octanol–water partition coefficient (Wildman–Crippen LogP) is 4.43. The molecule has 0 saturated carbocycles. The minimum Gasteiger partial charge on any atom is -0.324 e. The summed E-state index contributed by atoms with van der Waals surface area (Å²) < 4.78 is 37.4. The van der Waals surface area contributed by atoms with Crippen LogP contribution in [0.3, 0.4) is 0 Å². The highest BCUT2D eigenvalue weighted by Gasteiger charge is 2.29. The lowest BCUT2D eigenvalue weighted by Gasteiger charge is -2.32. The number of amides is 2. The number of rotatable bonds is 3. The zero-order valence-electron chi connectivity index (χ0n) is 13.2. The molecule has 0 radical (unpaired) electrons. The number of piperidine rings is 1. The van der Waals surface area contributed by atoms with Crippen LogP contribution in [0.4, 0.5) is 23.7 Å². The molecule has 0 unspecified atom stereocenters. The summed E-state index contributed by atoms with van der Waals surface area (Å²) >= 11 is -0.200. The van der Waals surface area contributed by atoms with Crippen molar-refractivity contribution in [3.05, 3.63) is 42.2 Å². The van der Waals surface area contributed by atoms with Crippen LogP contribution in [-0.4, -0.2) is 39.7 Å². The third-order valence-electron chi connectivity index (χ3n) is 3.99. The lowest BCUT2D eigenvalue weighted by Crippen LogP contribution is -2.41. The van der Waals surface area contributed by atoms with Crippen molar-refractivity contribution >= 4 is 23.5 Å². The molecular weight excluding hydrogens is 353 g/mol. The molecule has 9 heteroatoms. The van der Waals surface area contributed by atoms with Crippen LogP contribution in [0.2, 0.25) is 0 Å². The third kappa shape index (κ3) is 4.91. The number of H-pyrrole nitrogens is 1. The number of thioether (sulfide) groups is 1. The molecule has 0 bridgehead atoms. The van der Waals surface area contributed by atoms with Gasteiger partial charge < -0.3 is 10.2 Å². The first-order valence-electron chi connectivity index (χ1n) is 7.82. The monoisotopic (exact) mass is 370 g/mol. The second kappa shape index (κ2) is 7.38. The zero-order chi connectivity index (χ0) is 17.9. The van der Waals surface area contributed by atoms with Crippen molar-refractivity contribution in [1.82, 2.24) is 15.1 Å². The average molecular weight is 370 g/mol. The molecule has 25 heavy (non-hydrogen) atoms. The van der Waals surface area contributed by atoms with Gasteiger partial charge >= 0.3 is 11.5 Å². The van der Waals surface area contributed by atoms with E-state index in [4.69, 9.17) is 0 Å². The standard InChI is InChI=1S/C16H17F3N4OS/c17-16(18,19)25-13-5-1-4-12(9-13)21-15(24)23-8-2-3-11(10-23)14-6-7-20-22-14/h1,4-7,9,11H,2-3,8,10H2,(H,20,22)(H,21,24)/t11-/m1/s1. The Labute approximate surface area is 147 Å². The molecule has 0 aliphatic carbocycles. The van der Waals surface area contributed by atoms with E-state index < -0.39 is 5.51 Å². The van der Waals surface area contributed by atoms with Gasteiger partial charge in [-0.1, -0.05) is 6.07 Å². The number of hydrogen-bond donors (Lipinski definition) is 2. The zero-order valence-corrected chi connectivity index (χ0v) is 14.0. The lowest BCUT2D eigenvalue weighted by molar-refractivity contribution is -0.0328. The van der Waals surface area contributed by atoms with Crippen molar-refractivity contribution in [2.45, 2.75) is 29.2 Å². The van der Waals surface area contributed by atoms with E-state index >= 15 is 0 Å². The van der Waals surface area contributed by atoms with E-state index in [1.807, 2.05) is 6.07 Å². The van der Waals surface area contributed by atoms with Gasteiger partial charge in [-0.2, -0.15) is 18.3 Å². The van der Waals surface area contributed by atoms with Crippen molar-refractivity contribution in [2.24, 2.45) is 0 Å². The molecule has 134 valence electrons. The van der Waals surface area contributed by atoms with Crippen LogP contribution in [-0.2, 0) is 0 Å². The second-order valence-electron chi connectivity index (χ2n) is 5.80. The number of alkyl halides is 3. The van der Waals surface area contributed by atoms with E-state index in [9.17, 15) is 18.0 Å². The first-order valence-corrected chi connectivity index (χ1v) is 8.63. The highest BCUT2D eigenvalue weighted by atomic mass is 32.2. The number of benzene rings is 1. The summed E-state index contributed by atoms with van der Waals surface area (Å²) in [6.45, 7) is 1.17. The Kier molecular flexibility index (Phi) is 5.22. The van der Waals surface area contributed by atoms with Gasteiger partial charge in [-0.05, 0) is 48.9 Å². The van der Waals surface area contributed by atoms with Gasteiger partial charge in [-0.3, -0.25) is 5.10 Å². The molecule has 0 spiro atoms. The minimum absolute atomic E-state index is 0.0410. The fourth-order valence-electron chi connectivity index (χ4n) is 2.88. The summed E-state index contributed by atoms with van der Waals surface area (Å²) in [4.78, 5) is 14.2. The molecule has 2 N–H and O–H groups in total. The van der Waals surface area contributed by atoms with Crippen molar-refractivity contribution in [3.63, 3.8) is 0 Å². The molecule has 1 saturated heterocycles. The maximum absolute atomic E-state index is 12.5. The number of urea groups is 1. The van der Waals surface area contributed by atoms with E-state index in [2.05, 4.69) is 15.5 Å². The van der Waals surface area contributed by atoms with Crippen molar-refractivity contribution in [2.75, 3.05) is 18.4 Å². The Morgan fingerprint density at radius 2 is 2.20 bits per heavy atom. The Balaban J connectivity index is 1.63. The summed E-state index contributed by atoms with van der Waals surface area (Å²) in [5.41, 5.74) is -3.02. The molecule has 1 aliphatic heterocycles. The van der Waals surface area contributed by atoms with Gasteiger partial charge in [0, 0.05) is 41.5 Å². The molecule has 2 amide bonds. The second-order valence-corrected chi connectivity index (χ2v) is 6.94. The fourth-order valence-corrected chi connectivity index (χ4v) is 3.48. The van der Waals surface area contributed by atoms with E-state index in [0.29, 0.717) is 18.8 Å². The quantitative estimate of drug-likeness (QED) is 0.786. The molecule has 1 aromatic carbocycles. The van der Waals surface area contributed by atoms with E-state index in [-0.39, 0.29) is 28.6 Å². The Bertz CT molecular complexity index is 720. The molecule has 5 nitrogen and oxygen atoms in total. The molecule has 1 atom stereocenters. The van der Waals surface area contributed by atoms with Crippen LogP contribution >= 0.6 is 11.8 Å². The van der Waals surface area contributed by atoms with Gasteiger partial charge in [0.15, 0.2) is 0 Å². The van der Waals surface area contributed by atoms with Gasteiger partial charge in [0.05, 0.1) is 0 Å². The van der Waals surface area contributed by atoms with Crippen molar-refractivity contribution < 1.29 is 18.0 Å². The van der Waals surface area contributed by atoms with Crippen LogP contribution in [0.5, 0.6) is 0 Å². The van der Waals surface area contributed by atoms with Crippen LogP contribution in [0.25, 0.3) is 0 Å². The van der Waals surface area contributed by atoms with Crippen LogP contribution in [0, 0.1) is 0 Å². The fraction of sp³-hybridized carbons (Fsp3) is 0.375. The number of nitrogens with one attached hydrogen (secondary N) is 2. The molecular formula is C16H17F3N4OS. The first kappa shape index (κ1) is 17.7. The highest BCUT2D eigenvalue weighted by Crippen LogP contribution is 2.37. The Morgan fingerprint density at radius 1 is 1.36 bits per heavy atom. The third-order valence-corrected chi connectivity index (χ3v) is 4.71. The molecule has 1 aliphatic rings. The predicted molar refractivity (Wildman–Crippen MR) is 89.5 cm³/mol. The number of hydrogen-bond acceptors (Lipinski definition) is 3. The van der Waals surface area contributed by atoms with Gasteiger partial charge in [0.2, 0.25) is 0 Å². The highest BCUT2D eigenvalue weighted by molar-refractivity contribution is 8.00. The molecule has 1 aromatic heterocycles. The van der Waals surface area contributed by atoms with Crippen molar-refractivity contribution in [1.29, 1.82) is 0 Å². The summed E-state index contributed by atoms with van der Waals surface area (Å²) in [5, 5.41) is 9.55. The number of carbonyl (C=O) groups excluding carboxylic acids is 1. The summed E-state index contributed by atoms with van der Waals surface area (Å²) in [6.07, 6.45) is 3.50. The van der Waals surface area contributed by atoms with Crippen LogP contribution in [0.1, 0.15) is 24.5 Å². The number of aromatic amines is 1. The van der Waals surface area contributed by atoms with E-state index in [1.54, 1.807) is 17.2 Å². The lowest BCUT2D eigenvalue weighted by atomic mass is 9.95. The number of aromatic nitrogens is 2. The van der Waals surface area contributed by atoms with Gasteiger partial charge in [0.1, 0.15) is 0 Å². The maximum Gasteiger partial charge on any atom is 0.446 e. The average Bonchev–Trinajstić information content (AvgIpc) is 3.08. The summed E-state index contributed by atoms with van der Waals surface area (Å²) in [7, 11) is 0. The van der Waals surface area contributed by atoms with E-state index in [1.165, 1.54) is 18.2 Å². The number of halogens is 3. The molecule has 3 rings (SSSR count). The number of anilines is 1. The van der Waals surface area contributed by atoms with Gasteiger partial charge in [0.25, 0.3) is 0 Å². The van der Waals surface area contributed by atoms with Crippen molar-refractivity contribution in [3.8, 4) is 0 Å². The number of nitrogens with zero attached hydrogens (tertiary/aromatic N) is 2. The minimum atomic E-state index is -4.35.